The number of benzene rings is 2. The van der Waals surface area contributed by atoms with Crippen molar-refractivity contribution in [3.05, 3.63) is 42.2 Å². The number of nitrogens with two attached hydrogens (primary N) is 1. The van der Waals surface area contributed by atoms with Crippen LogP contribution in [0.2, 0.25) is 0 Å². The minimum Gasteiger partial charge on any atom is -0.397 e. The number of hydrogen-bond acceptors (Lipinski definition) is 4. The van der Waals surface area contributed by atoms with Crippen LogP contribution in [-0.2, 0) is 0 Å². The van der Waals surface area contributed by atoms with Gasteiger partial charge in [0.15, 0.2) is 11.5 Å². The molecule has 0 saturated carbocycles. The summed E-state index contributed by atoms with van der Waals surface area (Å²) in [5.74, 6) is -0.591. The standard InChI is InChI=1S/C13H9F3N2O2/c14-7-1-3-10(9(17)5-7)18-8-2-4-11-12(6-8)20-13(15,16)19-11/h1-6,18H,17H2. The third-order valence-corrected chi connectivity index (χ3v) is 2.69. The van der Waals surface area contributed by atoms with Crippen molar-refractivity contribution in [3.8, 4) is 11.5 Å². The Hall–Kier alpha value is -2.57. The van der Waals surface area contributed by atoms with Gasteiger partial charge >= 0.3 is 6.29 Å². The summed E-state index contributed by atoms with van der Waals surface area (Å²) in [5, 5.41) is 2.88. The molecule has 1 aliphatic heterocycles. The summed E-state index contributed by atoms with van der Waals surface area (Å²) < 4.78 is 47.3. The zero-order chi connectivity index (χ0) is 14.3. The minimum atomic E-state index is -3.66. The van der Waals surface area contributed by atoms with E-state index in [1.165, 1.54) is 30.3 Å². The Morgan fingerprint density at radius 3 is 2.50 bits per heavy atom. The Morgan fingerprint density at radius 1 is 1.00 bits per heavy atom. The van der Waals surface area contributed by atoms with E-state index in [2.05, 4.69) is 14.8 Å². The van der Waals surface area contributed by atoms with Crippen LogP contribution in [0.25, 0.3) is 0 Å². The van der Waals surface area contributed by atoms with Gasteiger partial charge in [-0.2, -0.15) is 0 Å². The molecule has 0 unspecified atom stereocenters. The zero-order valence-electron chi connectivity index (χ0n) is 9.99. The number of halogens is 3. The van der Waals surface area contributed by atoms with Gasteiger partial charge < -0.3 is 20.5 Å². The van der Waals surface area contributed by atoms with Crippen LogP contribution in [-0.4, -0.2) is 6.29 Å². The third kappa shape index (κ3) is 2.29. The fourth-order valence-electron chi connectivity index (χ4n) is 1.83. The molecule has 0 aromatic heterocycles. The maximum Gasteiger partial charge on any atom is 0.586 e. The summed E-state index contributed by atoms with van der Waals surface area (Å²) in [6.07, 6.45) is -3.66. The number of alkyl halides is 2. The molecule has 3 rings (SSSR count). The first-order chi connectivity index (χ1) is 9.43. The molecule has 0 amide bonds. The van der Waals surface area contributed by atoms with Gasteiger partial charge in [0.1, 0.15) is 5.82 Å². The second-order valence-electron chi connectivity index (χ2n) is 4.19. The fraction of sp³-hybridized carbons (Fsp3) is 0.0769. The lowest BCUT2D eigenvalue weighted by atomic mass is 10.2. The molecule has 1 aliphatic rings. The van der Waals surface area contributed by atoms with E-state index in [1.54, 1.807) is 0 Å². The van der Waals surface area contributed by atoms with Crippen LogP contribution in [0.3, 0.4) is 0 Å². The third-order valence-electron chi connectivity index (χ3n) is 2.69. The Kier molecular flexibility index (Phi) is 2.63. The molecule has 104 valence electrons. The summed E-state index contributed by atoms with van der Waals surface area (Å²) in [5.41, 5.74) is 6.77. The van der Waals surface area contributed by atoms with Crippen LogP contribution in [0.5, 0.6) is 11.5 Å². The van der Waals surface area contributed by atoms with Gasteiger partial charge in [0.2, 0.25) is 0 Å². The SMILES string of the molecule is Nc1cc(F)ccc1Nc1ccc2c(c1)OC(F)(F)O2. The summed E-state index contributed by atoms with van der Waals surface area (Å²) in [6.45, 7) is 0. The smallest absolute Gasteiger partial charge is 0.397 e. The molecule has 3 N–H and O–H groups in total. The number of anilines is 3. The second kappa shape index (κ2) is 4.22. The fourth-order valence-corrected chi connectivity index (χ4v) is 1.83. The van der Waals surface area contributed by atoms with Crippen molar-refractivity contribution in [1.82, 2.24) is 0 Å². The number of nitrogen functional groups attached to an aromatic ring is 1. The lowest BCUT2D eigenvalue weighted by Gasteiger charge is -2.09. The normalized spacial score (nSPS) is 15.2. The summed E-state index contributed by atoms with van der Waals surface area (Å²) in [6, 6.07) is 8.05. The molecule has 0 bridgehead atoms. The van der Waals surface area contributed by atoms with Crippen LogP contribution in [0.15, 0.2) is 36.4 Å². The average Bonchev–Trinajstić information content (AvgIpc) is 2.66. The summed E-state index contributed by atoms with van der Waals surface area (Å²) in [4.78, 5) is 0. The lowest BCUT2D eigenvalue weighted by molar-refractivity contribution is -0.286. The van der Waals surface area contributed by atoms with Crippen LogP contribution < -0.4 is 20.5 Å². The molecule has 1 heterocycles. The van der Waals surface area contributed by atoms with Crippen molar-refractivity contribution in [2.45, 2.75) is 6.29 Å². The molecule has 0 aliphatic carbocycles. The highest BCUT2D eigenvalue weighted by Gasteiger charge is 2.43. The first-order valence-corrected chi connectivity index (χ1v) is 5.65. The predicted molar refractivity (Wildman–Crippen MR) is 66.7 cm³/mol. The quantitative estimate of drug-likeness (QED) is 0.828. The van der Waals surface area contributed by atoms with Gasteiger partial charge in [0.05, 0.1) is 11.4 Å². The molecule has 0 saturated heterocycles. The average molecular weight is 282 g/mol. The van der Waals surface area contributed by atoms with Gasteiger partial charge in [-0.25, -0.2) is 4.39 Å². The number of rotatable bonds is 2. The van der Waals surface area contributed by atoms with E-state index in [-0.39, 0.29) is 17.2 Å². The molecule has 0 atom stereocenters. The van der Waals surface area contributed by atoms with E-state index >= 15 is 0 Å². The van der Waals surface area contributed by atoms with Gasteiger partial charge in [0, 0.05) is 11.8 Å². The lowest BCUT2D eigenvalue weighted by Crippen LogP contribution is -2.25. The highest BCUT2D eigenvalue weighted by molar-refractivity contribution is 5.73. The first kappa shape index (κ1) is 12.5. The molecule has 2 aromatic rings. The van der Waals surface area contributed by atoms with Gasteiger partial charge in [-0.05, 0) is 30.3 Å². The Bertz CT molecular complexity index is 677. The van der Waals surface area contributed by atoms with Crippen molar-refractivity contribution in [1.29, 1.82) is 0 Å². The molecular formula is C13H9F3N2O2. The van der Waals surface area contributed by atoms with Crippen LogP contribution in [0, 0.1) is 5.82 Å². The van der Waals surface area contributed by atoms with E-state index in [9.17, 15) is 13.2 Å². The molecule has 20 heavy (non-hydrogen) atoms. The van der Waals surface area contributed by atoms with Crippen molar-refractivity contribution >= 4 is 17.1 Å². The largest absolute Gasteiger partial charge is 0.586 e. The van der Waals surface area contributed by atoms with Crippen LogP contribution in [0.1, 0.15) is 0 Å². The van der Waals surface area contributed by atoms with Crippen molar-refractivity contribution < 1.29 is 22.6 Å². The van der Waals surface area contributed by atoms with E-state index in [0.717, 1.165) is 6.07 Å². The predicted octanol–water partition coefficient (Wildman–Crippen LogP) is 3.47. The van der Waals surface area contributed by atoms with E-state index in [1.807, 2.05) is 0 Å². The molecule has 4 nitrogen and oxygen atoms in total. The maximum atomic E-state index is 12.9. The monoisotopic (exact) mass is 282 g/mol. The highest BCUT2D eigenvalue weighted by Crippen LogP contribution is 2.42. The van der Waals surface area contributed by atoms with Gasteiger partial charge in [-0.15, -0.1) is 8.78 Å². The number of hydrogen-bond donors (Lipinski definition) is 2. The second-order valence-corrected chi connectivity index (χ2v) is 4.19. The molecule has 2 aromatic carbocycles. The zero-order valence-corrected chi connectivity index (χ0v) is 9.99. The van der Waals surface area contributed by atoms with E-state index in [4.69, 9.17) is 5.73 Å². The van der Waals surface area contributed by atoms with Crippen LogP contribution >= 0.6 is 0 Å². The molecule has 0 spiro atoms. The van der Waals surface area contributed by atoms with Gasteiger partial charge in [-0.3, -0.25) is 0 Å². The first-order valence-electron chi connectivity index (χ1n) is 5.65. The van der Waals surface area contributed by atoms with Crippen molar-refractivity contribution in [2.24, 2.45) is 0 Å². The Balaban J connectivity index is 1.86. The van der Waals surface area contributed by atoms with Crippen molar-refractivity contribution in [3.63, 3.8) is 0 Å². The van der Waals surface area contributed by atoms with Gasteiger partial charge in [-0.1, -0.05) is 0 Å². The Morgan fingerprint density at radius 2 is 1.75 bits per heavy atom. The number of fused-ring (bicyclic) bond motifs is 1. The van der Waals surface area contributed by atoms with Gasteiger partial charge in [0.25, 0.3) is 0 Å². The minimum absolute atomic E-state index is 0.0485. The summed E-state index contributed by atoms with van der Waals surface area (Å²) >= 11 is 0. The molecule has 0 radical (unpaired) electrons. The molecular weight excluding hydrogens is 273 g/mol. The number of nitrogens with one attached hydrogen (secondary N) is 1. The topological polar surface area (TPSA) is 56.5 Å². The highest BCUT2D eigenvalue weighted by atomic mass is 19.3. The molecule has 7 heteroatoms. The van der Waals surface area contributed by atoms with Crippen LogP contribution in [0.4, 0.5) is 30.2 Å². The number of ether oxygens (including phenoxy) is 2. The van der Waals surface area contributed by atoms with E-state index in [0.29, 0.717) is 11.4 Å². The molecule has 0 fully saturated rings. The van der Waals surface area contributed by atoms with E-state index < -0.39 is 12.1 Å². The Labute approximate surface area is 111 Å². The van der Waals surface area contributed by atoms with Crippen molar-refractivity contribution in [2.75, 3.05) is 11.1 Å². The summed E-state index contributed by atoms with van der Waals surface area (Å²) in [7, 11) is 0. The maximum absolute atomic E-state index is 12.9.